The Hall–Kier alpha value is -2.30. The first-order valence-corrected chi connectivity index (χ1v) is 5.43. The number of carbonyl (C=O) groups is 1. The molecule has 2 aromatic rings. The summed E-state index contributed by atoms with van der Waals surface area (Å²) in [7, 11) is 1.56. The number of benzene rings is 1. The highest BCUT2D eigenvalue weighted by atomic mass is 16.5. The number of hydrogen-bond acceptors (Lipinski definition) is 4. The van der Waals surface area contributed by atoms with Gasteiger partial charge in [0.05, 0.1) is 24.8 Å². The van der Waals surface area contributed by atoms with Crippen LogP contribution < -0.4 is 4.74 Å². The lowest BCUT2D eigenvalue weighted by Crippen LogP contribution is -2.01. The predicted molar refractivity (Wildman–Crippen MR) is 64.6 cm³/mol. The molecule has 0 aliphatic carbocycles. The van der Waals surface area contributed by atoms with Gasteiger partial charge in [-0.15, -0.1) is 0 Å². The van der Waals surface area contributed by atoms with Gasteiger partial charge in [-0.25, -0.2) is 4.98 Å². The zero-order valence-corrected chi connectivity index (χ0v) is 10.1. The molecule has 18 heavy (non-hydrogen) atoms. The van der Waals surface area contributed by atoms with Gasteiger partial charge in [-0.2, -0.15) is 0 Å². The van der Waals surface area contributed by atoms with Crippen LogP contribution in [0.15, 0.2) is 28.7 Å². The molecule has 5 heteroatoms. The van der Waals surface area contributed by atoms with Gasteiger partial charge in [0.1, 0.15) is 11.5 Å². The Kier molecular flexibility index (Phi) is 3.32. The molecule has 0 saturated carbocycles. The van der Waals surface area contributed by atoms with Crippen molar-refractivity contribution < 1.29 is 19.1 Å². The second-order valence-corrected chi connectivity index (χ2v) is 3.79. The Labute approximate surface area is 104 Å². The maximum absolute atomic E-state index is 10.7. The lowest BCUT2D eigenvalue weighted by molar-refractivity contribution is -0.136. The SMILES string of the molecule is COc1ccccc1-c1nc(CC(=O)O)c(C)o1. The number of carboxylic acid groups (broad SMARTS) is 1. The van der Waals surface area contributed by atoms with E-state index in [1.54, 1.807) is 20.1 Å². The summed E-state index contributed by atoms with van der Waals surface area (Å²) in [5, 5.41) is 8.77. The van der Waals surface area contributed by atoms with E-state index in [4.69, 9.17) is 14.3 Å². The fourth-order valence-electron chi connectivity index (χ4n) is 1.67. The van der Waals surface area contributed by atoms with Crippen LogP contribution in [0.3, 0.4) is 0 Å². The van der Waals surface area contributed by atoms with Crippen molar-refractivity contribution in [2.75, 3.05) is 7.11 Å². The molecule has 1 N–H and O–H groups in total. The Balaban J connectivity index is 2.42. The number of ether oxygens (including phenoxy) is 1. The predicted octanol–water partition coefficient (Wildman–Crippen LogP) is 2.29. The summed E-state index contributed by atoms with van der Waals surface area (Å²) in [4.78, 5) is 14.9. The van der Waals surface area contributed by atoms with Gasteiger partial charge < -0.3 is 14.3 Å². The molecule has 0 saturated heterocycles. The third kappa shape index (κ3) is 2.34. The number of aliphatic carboxylic acids is 1. The molecular formula is C13H13NO4. The highest BCUT2D eigenvalue weighted by Gasteiger charge is 2.16. The van der Waals surface area contributed by atoms with E-state index >= 15 is 0 Å². The number of aromatic nitrogens is 1. The average Bonchev–Trinajstić information content (AvgIpc) is 2.70. The highest BCUT2D eigenvalue weighted by Crippen LogP contribution is 2.30. The largest absolute Gasteiger partial charge is 0.496 e. The molecule has 2 rings (SSSR count). The molecule has 0 aliphatic rings. The highest BCUT2D eigenvalue weighted by molar-refractivity contribution is 5.70. The van der Waals surface area contributed by atoms with Gasteiger partial charge in [0.2, 0.25) is 5.89 Å². The van der Waals surface area contributed by atoms with E-state index in [9.17, 15) is 4.79 Å². The quantitative estimate of drug-likeness (QED) is 0.897. The molecule has 94 valence electrons. The maximum atomic E-state index is 10.7. The van der Waals surface area contributed by atoms with E-state index in [-0.39, 0.29) is 6.42 Å². The minimum absolute atomic E-state index is 0.148. The van der Waals surface area contributed by atoms with Crippen molar-refractivity contribution in [1.29, 1.82) is 0 Å². The maximum Gasteiger partial charge on any atom is 0.309 e. The number of nitrogens with zero attached hydrogens (tertiary/aromatic N) is 1. The van der Waals surface area contributed by atoms with Crippen LogP contribution in [0.1, 0.15) is 11.5 Å². The Bertz CT molecular complexity index is 574. The Morgan fingerprint density at radius 3 is 2.83 bits per heavy atom. The molecular weight excluding hydrogens is 234 g/mol. The molecule has 0 spiro atoms. The van der Waals surface area contributed by atoms with Crippen molar-refractivity contribution in [3.63, 3.8) is 0 Å². The Morgan fingerprint density at radius 1 is 1.44 bits per heavy atom. The molecule has 0 radical (unpaired) electrons. The van der Waals surface area contributed by atoms with Gasteiger partial charge >= 0.3 is 5.97 Å². The van der Waals surface area contributed by atoms with Gasteiger partial charge in [0, 0.05) is 0 Å². The van der Waals surface area contributed by atoms with Crippen LogP contribution in [-0.4, -0.2) is 23.2 Å². The van der Waals surface area contributed by atoms with Crippen LogP contribution in [0, 0.1) is 6.92 Å². The van der Waals surface area contributed by atoms with Crippen LogP contribution in [0.25, 0.3) is 11.5 Å². The van der Waals surface area contributed by atoms with Crippen molar-refractivity contribution in [2.45, 2.75) is 13.3 Å². The first-order chi connectivity index (χ1) is 8.61. The number of aryl methyl sites for hydroxylation is 1. The molecule has 0 amide bonds. The summed E-state index contributed by atoms with van der Waals surface area (Å²) < 4.78 is 10.7. The number of methoxy groups -OCH3 is 1. The number of carboxylic acids is 1. The van der Waals surface area contributed by atoms with E-state index in [1.165, 1.54) is 0 Å². The number of hydrogen-bond donors (Lipinski definition) is 1. The van der Waals surface area contributed by atoms with Gasteiger partial charge in [-0.3, -0.25) is 4.79 Å². The summed E-state index contributed by atoms with van der Waals surface area (Å²) >= 11 is 0. The lowest BCUT2D eigenvalue weighted by Gasteiger charge is -2.03. The second kappa shape index (κ2) is 4.91. The molecule has 0 aliphatic heterocycles. The first-order valence-electron chi connectivity index (χ1n) is 5.43. The average molecular weight is 247 g/mol. The van der Waals surface area contributed by atoms with Gasteiger partial charge in [-0.05, 0) is 19.1 Å². The summed E-state index contributed by atoms with van der Waals surface area (Å²) in [5.41, 5.74) is 1.14. The lowest BCUT2D eigenvalue weighted by atomic mass is 10.2. The third-order valence-electron chi connectivity index (χ3n) is 2.55. The van der Waals surface area contributed by atoms with Crippen molar-refractivity contribution in [2.24, 2.45) is 0 Å². The molecule has 1 aromatic carbocycles. The minimum Gasteiger partial charge on any atom is -0.496 e. The fourth-order valence-corrected chi connectivity index (χ4v) is 1.67. The van der Waals surface area contributed by atoms with E-state index in [2.05, 4.69) is 4.98 Å². The second-order valence-electron chi connectivity index (χ2n) is 3.79. The summed E-state index contributed by atoms with van der Waals surface area (Å²) in [5.74, 6) is 0.595. The zero-order chi connectivity index (χ0) is 13.1. The topological polar surface area (TPSA) is 72.6 Å². The van der Waals surface area contributed by atoms with Crippen molar-refractivity contribution in [3.05, 3.63) is 35.7 Å². The summed E-state index contributed by atoms with van der Waals surface area (Å²) in [6.07, 6.45) is -0.148. The summed E-state index contributed by atoms with van der Waals surface area (Å²) in [6, 6.07) is 7.30. The minimum atomic E-state index is -0.932. The molecule has 5 nitrogen and oxygen atoms in total. The van der Waals surface area contributed by atoms with Crippen LogP contribution in [0.4, 0.5) is 0 Å². The fraction of sp³-hybridized carbons (Fsp3) is 0.231. The number of rotatable bonds is 4. The molecule has 0 atom stereocenters. The third-order valence-corrected chi connectivity index (χ3v) is 2.55. The van der Waals surface area contributed by atoms with E-state index in [0.29, 0.717) is 28.7 Å². The monoisotopic (exact) mass is 247 g/mol. The van der Waals surface area contributed by atoms with E-state index in [1.807, 2.05) is 18.2 Å². The van der Waals surface area contributed by atoms with Crippen molar-refractivity contribution >= 4 is 5.97 Å². The van der Waals surface area contributed by atoms with Crippen molar-refractivity contribution in [3.8, 4) is 17.2 Å². The van der Waals surface area contributed by atoms with Gasteiger partial charge in [0.25, 0.3) is 0 Å². The number of oxazole rings is 1. The Morgan fingerprint density at radius 2 is 2.17 bits per heavy atom. The van der Waals surface area contributed by atoms with Crippen LogP contribution in [0.2, 0.25) is 0 Å². The molecule has 0 bridgehead atoms. The van der Waals surface area contributed by atoms with E-state index < -0.39 is 5.97 Å². The number of para-hydroxylation sites is 1. The summed E-state index contributed by atoms with van der Waals surface area (Å²) in [6.45, 7) is 1.70. The molecule has 1 heterocycles. The molecule has 1 aromatic heterocycles. The van der Waals surface area contributed by atoms with Gasteiger partial charge in [0.15, 0.2) is 0 Å². The normalized spacial score (nSPS) is 10.3. The van der Waals surface area contributed by atoms with E-state index in [0.717, 1.165) is 0 Å². The van der Waals surface area contributed by atoms with Crippen molar-refractivity contribution in [1.82, 2.24) is 4.98 Å². The van der Waals surface area contributed by atoms with Crippen LogP contribution in [0.5, 0.6) is 5.75 Å². The van der Waals surface area contributed by atoms with Gasteiger partial charge in [-0.1, -0.05) is 12.1 Å². The molecule has 0 fully saturated rings. The smallest absolute Gasteiger partial charge is 0.309 e. The van der Waals surface area contributed by atoms with Crippen LogP contribution >= 0.6 is 0 Å². The first kappa shape index (κ1) is 12.2. The van der Waals surface area contributed by atoms with Crippen LogP contribution in [-0.2, 0) is 11.2 Å². The zero-order valence-electron chi connectivity index (χ0n) is 10.1. The standard InChI is InChI=1S/C13H13NO4/c1-8-10(7-12(15)16)14-13(18-8)9-5-3-4-6-11(9)17-2/h3-6H,7H2,1-2H3,(H,15,16). The molecule has 0 unspecified atom stereocenters.